The molecule has 0 aliphatic carbocycles. The molecule has 0 saturated carbocycles. The molecule has 4 rings (SSSR count). The molecule has 3 aromatic carbocycles. The third-order valence-electron chi connectivity index (χ3n) is 6.39. The van der Waals surface area contributed by atoms with Crippen LogP contribution < -0.4 is 16.0 Å². The van der Waals surface area contributed by atoms with Gasteiger partial charge in [0, 0.05) is 23.7 Å². The van der Waals surface area contributed by atoms with Gasteiger partial charge in [-0.25, -0.2) is 8.78 Å². The Hall–Kier alpha value is -3.79. The number of hydrogen-bond donors (Lipinski definition) is 3. The van der Waals surface area contributed by atoms with Crippen molar-refractivity contribution in [1.29, 1.82) is 0 Å². The smallest absolute Gasteiger partial charge is 0.350 e. The van der Waals surface area contributed by atoms with Gasteiger partial charge >= 0.3 is 6.18 Å². The van der Waals surface area contributed by atoms with E-state index < -0.39 is 40.7 Å². The fourth-order valence-corrected chi connectivity index (χ4v) is 4.33. The van der Waals surface area contributed by atoms with E-state index >= 15 is 0 Å². The van der Waals surface area contributed by atoms with Gasteiger partial charge in [0.25, 0.3) is 5.91 Å². The van der Waals surface area contributed by atoms with E-state index in [2.05, 4.69) is 16.0 Å². The summed E-state index contributed by atoms with van der Waals surface area (Å²) in [6.45, 7) is 0.691. The predicted octanol–water partition coefficient (Wildman–Crippen LogP) is 4.82. The van der Waals surface area contributed by atoms with Crippen LogP contribution in [0.2, 0.25) is 0 Å². The van der Waals surface area contributed by atoms with Crippen LogP contribution in [0.25, 0.3) is 11.1 Å². The molecule has 0 atom stereocenters. The minimum Gasteiger partial charge on any atom is -0.350 e. The molecule has 0 aromatic heterocycles. The monoisotopic (exact) mass is 517 g/mol. The average molecular weight is 517 g/mol. The highest BCUT2D eigenvalue weighted by Crippen LogP contribution is 2.32. The van der Waals surface area contributed by atoms with Gasteiger partial charge in [-0.15, -0.1) is 0 Å². The zero-order valence-corrected chi connectivity index (χ0v) is 19.6. The Labute approximate surface area is 210 Å². The van der Waals surface area contributed by atoms with Crippen LogP contribution >= 0.6 is 0 Å². The lowest BCUT2D eigenvalue weighted by atomic mass is 9.86. The number of carbonyl (C=O) groups excluding carboxylic acids is 2. The topological polar surface area (TPSA) is 70.2 Å². The quantitative estimate of drug-likeness (QED) is 0.411. The van der Waals surface area contributed by atoms with Crippen LogP contribution in [0.1, 0.15) is 34.3 Å². The zero-order valence-electron chi connectivity index (χ0n) is 19.6. The molecule has 3 aromatic rings. The van der Waals surface area contributed by atoms with Crippen molar-refractivity contribution < 1.29 is 31.5 Å². The van der Waals surface area contributed by atoms with Gasteiger partial charge < -0.3 is 16.0 Å². The summed E-state index contributed by atoms with van der Waals surface area (Å²) in [5, 5.41) is 8.60. The predicted molar refractivity (Wildman–Crippen MR) is 127 cm³/mol. The summed E-state index contributed by atoms with van der Waals surface area (Å²) >= 11 is 0. The van der Waals surface area contributed by atoms with Gasteiger partial charge in [0.2, 0.25) is 5.91 Å². The number of alkyl halides is 3. The maximum absolute atomic E-state index is 14.0. The summed E-state index contributed by atoms with van der Waals surface area (Å²) in [5.74, 6) is -2.62. The first kappa shape index (κ1) is 26.3. The summed E-state index contributed by atoms with van der Waals surface area (Å²) in [7, 11) is 0. The molecule has 0 spiro atoms. The molecule has 3 N–H and O–H groups in total. The van der Waals surface area contributed by atoms with Crippen LogP contribution in [-0.4, -0.2) is 30.4 Å². The van der Waals surface area contributed by atoms with E-state index in [1.165, 1.54) is 24.3 Å². The highest BCUT2D eigenvalue weighted by Gasteiger charge is 2.41. The number of carbonyl (C=O) groups is 2. The summed E-state index contributed by atoms with van der Waals surface area (Å²) in [5.41, 5.74) is -0.996. The lowest BCUT2D eigenvalue weighted by Crippen LogP contribution is -2.62. The molecule has 2 amide bonds. The van der Waals surface area contributed by atoms with Crippen molar-refractivity contribution >= 4 is 11.8 Å². The van der Waals surface area contributed by atoms with Crippen LogP contribution in [-0.2, 0) is 17.5 Å². The second kappa shape index (κ2) is 10.7. The molecular formula is C27H24F5N3O2. The van der Waals surface area contributed by atoms with E-state index in [4.69, 9.17) is 0 Å². The van der Waals surface area contributed by atoms with Crippen molar-refractivity contribution in [2.24, 2.45) is 0 Å². The van der Waals surface area contributed by atoms with Gasteiger partial charge in [-0.1, -0.05) is 36.4 Å². The molecule has 194 valence electrons. The molecule has 10 heteroatoms. The van der Waals surface area contributed by atoms with Gasteiger partial charge in [-0.3, -0.25) is 9.59 Å². The van der Waals surface area contributed by atoms with E-state index in [1.54, 1.807) is 18.2 Å². The number of nitrogens with one attached hydrogen (secondary N) is 3. The molecule has 0 radical (unpaired) electrons. The van der Waals surface area contributed by atoms with Gasteiger partial charge in [-0.2, -0.15) is 13.2 Å². The summed E-state index contributed by atoms with van der Waals surface area (Å²) in [6, 6.07) is 13.9. The Kier molecular flexibility index (Phi) is 7.58. The molecule has 5 nitrogen and oxygen atoms in total. The summed E-state index contributed by atoms with van der Waals surface area (Å²) in [6.07, 6.45) is -3.96. The van der Waals surface area contributed by atoms with Gasteiger partial charge in [0.15, 0.2) is 0 Å². The first-order chi connectivity index (χ1) is 17.6. The van der Waals surface area contributed by atoms with Gasteiger partial charge in [-0.05, 0) is 61.3 Å². The third kappa shape index (κ3) is 5.96. The Balaban J connectivity index is 1.56. The first-order valence-electron chi connectivity index (χ1n) is 11.6. The van der Waals surface area contributed by atoms with Crippen LogP contribution in [0.15, 0.2) is 66.7 Å². The Bertz CT molecular complexity index is 1290. The van der Waals surface area contributed by atoms with E-state index in [-0.39, 0.29) is 30.5 Å². The second-order valence-corrected chi connectivity index (χ2v) is 8.83. The summed E-state index contributed by atoms with van der Waals surface area (Å²) in [4.78, 5) is 26.7. The standard InChI is InChI=1S/C27H24F5N3O2/c28-20-10-7-18(23(29)15-20)16-34-25(37)26(11-13-33-14-12-26)35-24(36)22-4-2-1-3-21(22)17-5-8-19(9-6-17)27(30,31)32/h1-10,15,33H,11-14,16H2,(H,34,37)(H,35,36). The highest BCUT2D eigenvalue weighted by atomic mass is 19.4. The molecule has 1 heterocycles. The van der Waals surface area contributed by atoms with E-state index in [9.17, 15) is 31.5 Å². The van der Waals surface area contributed by atoms with Crippen molar-refractivity contribution in [3.63, 3.8) is 0 Å². The maximum atomic E-state index is 14.0. The Morgan fingerprint density at radius 1 is 0.919 bits per heavy atom. The van der Waals surface area contributed by atoms with Crippen molar-refractivity contribution in [3.8, 4) is 11.1 Å². The highest BCUT2D eigenvalue weighted by molar-refractivity contribution is 6.04. The normalized spacial score (nSPS) is 15.2. The molecule has 1 aliphatic rings. The Morgan fingerprint density at radius 2 is 1.59 bits per heavy atom. The number of piperidine rings is 1. The molecule has 0 unspecified atom stereocenters. The van der Waals surface area contributed by atoms with Crippen LogP contribution in [0.4, 0.5) is 22.0 Å². The van der Waals surface area contributed by atoms with Crippen LogP contribution in [0.3, 0.4) is 0 Å². The second-order valence-electron chi connectivity index (χ2n) is 8.83. The van der Waals surface area contributed by atoms with Gasteiger partial charge in [0.05, 0.1) is 5.56 Å². The number of hydrogen-bond acceptors (Lipinski definition) is 3. The van der Waals surface area contributed by atoms with Crippen LogP contribution in [0.5, 0.6) is 0 Å². The minimum atomic E-state index is -4.49. The van der Waals surface area contributed by atoms with E-state index in [0.29, 0.717) is 24.2 Å². The van der Waals surface area contributed by atoms with Crippen LogP contribution in [0, 0.1) is 11.6 Å². The number of amides is 2. The fourth-order valence-electron chi connectivity index (χ4n) is 4.33. The molecule has 0 bridgehead atoms. The molecule has 1 saturated heterocycles. The van der Waals surface area contributed by atoms with Crippen molar-refractivity contribution in [1.82, 2.24) is 16.0 Å². The average Bonchev–Trinajstić information content (AvgIpc) is 2.88. The van der Waals surface area contributed by atoms with Crippen molar-refractivity contribution in [2.75, 3.05) is 13.1 Å². The summed E-state index contributed by atoms with van der Waals surface area (Å²) < 4.78 is 66.2. The van der Waals surface area contributed by atoms with Crippen molar-refractivity contribution in [2.45, 2.75) is 31.1 Å². The Morgan fingerprint density at radius 3 is 2.24 bits per heavy atom. The van der Waals surface area contributed by atoms with E-state index in [1.807, 2.05) is 0 Å². The van der Waals surface area contributed by atoms with Gasteiger partial charge in [0.1, 0.15) is 17.2 Å². The fraction of sp³-hybridized carbons (Fsp3) is 0.259. The van der Waals surface area contributed by atoms with Crippen molar-refractivity contribution in [3.05, 3.63) is 95.1 Å². The largest absolute Gasteiger partial charge is 0.416 e. The van der Waals surface area contributed by atoms with E-state index in [0.717, 1.165) is 24.3 Å². The molecule has 37 heavy (non-hydrogen) atoms. The first-order valence-corrected chi connectivity index (χ1v) is 11.6. The third-order valence-corrected chi connectivity index (χ3v) is 6.39. The number of halogens is 5. The minimum absolute atomic E-state index is 0.0952. The molecule has 1 fully saturated rings. The lowest BCUT2D eigenvalue weighted by molar-refractivity contribution is -0.137. The lowest BCUT2D eigenvalue weighted by Gasteiger charge is -2.37. The number of rotatable bonds is 6. The molecular weight excluding hydrogens is 493 g/mol. The molecule has 1 aliphatic heterocycles. The SMILES string of the molecule is O=C(NC1(C(=O)NCc2ccc(F)cc2F)CCNCC1)c1ccccc1-c1ccc(C(F)(F)F)cc1. The number of benzene rings is 3. The zero-order chi connectivity index (χ0) is 26.6. The maximum Gasteiger partial charge on any atom is 0.416 e.